The molecule has 1 amide bonds. The molecule has 2 heterocycles. The number of aromatic nitrogens is 1. The second-order valence-corrected chi connectivity index (χ2v) is 9.73. The first-order chi connectivity index (χ1) is 13.7. The van der Waals surface area contributed by atoms with E-state index in [1.54, 1.807) is 4.90 Å². The van der Waals surface area contributed by atoms with Gasteiger partial charge in [-0.2, -0.15) is 4.98 Å². The van der Waals surface area contributed by atoms with Crippen molar-refractivity contribution in [1.29, 1.82) is 0 Å². The monoisotopic (exact) mass is 419 g/mol. The zero-order chi connectivity index (χ0) is 20.8. The van der Waals surface area contributed by atoms with Gasteiger partial charge in [0.1, 0.15) is 11.1 Å². The Kier molecular flexibility index (Phi) is 5.40. The summed E-state index contributed by atoms with van der Waals surface area (Å²) in [5.74, 6) is 0.499. The summed E-state index contributed by atoms with van der Waals surface area (Å²) in [5, 5.41) is 0.710. The maximum atomic E-state index is 12.4. The molecule has 0 radical (unpaired) electrons. The highest BCUT2D eigenvalue weighted by molar-refractivity contribution is 6.31. The lowest BCUT2D eigenvalue weighted by molar-refractivity contribution is 0.0216. The van der Waals surface area contributed by atoms with Crippen molar-refractivity contribution in [1.82, 2.24) is 9.88 Å². The normalized spacial score (nSPS) is 21.2. The van der Waals surface area contributed by atoms with Crippen molar-refractivity contribution >= 4 is 34.8 Å². The summed E-state index contributed by atoms with van der Waals surface area (Å²) in [5.41, 5.74) is 2.37. The van der Waals surface area contributed by atoms with Gasteiger partial charge < -0.3 is 19.0 Å². The Labute approximate surface area is 177 Å². The van der Waals surface area contributed by atoms with E-state index in [1.165, 1.54) is 31.2 Å². The lowest BCUT2D eigenvalue weighted by Crippen LogP contribution is -2.54. The lowest BCUT2D eigenvalue weighted by atomic mass is 9.97. The van der Waals surface area contributed by atoms with Gasteiger partial charge in [0.05, 0.1) is 0 Å². The number of amides is 1. The van der Waals surface area contributed by atoms with Gasteiger partial charge in [0.15, 0.2) is 5.58 Å². The number of nitrogens with zero attached hydrogens (tertiary/aromatic N) is 3. The van der Waals surface area contributed by atoms with E-state index in [1.807, 2.05) is 32.9 Å². The van der Waals surface area contributed by atoms with E-state index in [0.29, 0.717) is 36.6 Å². The molecule has 2 fully saturated rings. The molecule has 6 nitrogen and oxygen atoms in total. The van der Waals surface area contributed by atoms with Gasteiger partial charge in [-0.25, -0.2) is 4.79 Å². The summed E-state index contributed by atoms with van der Waals surface area (Å²) in [6.45, 7) is 9.54. The van der Waals surface area contributed by atoms with Crippen LogP contribution in [0.3, 0.4) is 0 Å². The van der Waals surface area contributed by atoms with E-state index in [0.717, 1.165) is 11.1 Å². The minimum absolute atomic E-state index is 0.0785. The number of benzene rings is 1. The number of rotatable bonds is 2. The van der Waals surface area contributed by atoms with Gasteiger partial charge in [-0.15, -0.1) is 0 Å². The predicted octanol–water partition coefficient (Wildman–Crippen LogP) is 5.58. The summed E-state index contributed by atoms with van der Waals surface area (Å²) in [7, 11) is 0. The molecule has 1 aromatic heterocycles. The van der Waals surface area contributed by atoms with E-state index in [-0.39, 0.29) is 12.1 Å². The summed E-state index contributed by atoms with van der Waals surface area (Å²) in [6, 6.07) is 4.61. The third-order valence-electron chi connectivity index (χ3n) is 5.79. The maximum Gasteiger partial charge on any atom is 0.410 e. The van der Waals surface area contributed by atoms with E-state index in [9.17, 15) is 4.79 Å². The molecule has 4 rings (SSSR count). The lowest BCUT2D eigenvalue weighted by Gasteiger charge is -2.39. The SMILES string of the molecule is C[C@H]1CN(C(=O)OC(C)(C)C)CCN1c1nc2cc(Cl)cc(C3CCCC3)c2o1. The summed E-state index contributed by atoms with van der Waals surface area (Å²) < 4.78 is 11.8. The van der Waals surface area contributed by atoms with E-state index in [2.05, 4.69) is 11.8 Å². The molecule has 2 aliphatic rings. The van der Waals surface area contributed by atoms with Crippen LogP contribution in [0, 0.1) is 0 Å². The molecule has 158 valence electrons. The Morgan fingerprint density at radius 2 is 1.97 bits per heavy atom. The van der Waals surface area contributed by atoms with Gasteiger partial charge in [-0.1, -0.05) is 24.4 Å². The minimum atomic E-state index is -0.492. The molecule has 0 spiro atoms. The van der Waals surface area contributed by atoms with E-state index < -0.39 is 5.60 Å². The van der Waals surface area contributed by atoms with Crippen LogP contribution in [0.25, 0.3) is 11.1 Å². The molecular formula is C22H30ClN3O3. The van der Waals surface area contributed by atoms with Crippen LogP contribution < -0.4 is 4.90 Å². The van der Waals surface area contributed by atoms with Crippen LogP contribution in [0.1, 0.15) is 64.9 Å². The van der Waals surface area contributed by atoms with Crippen molar-refractivity contribution < 1.29 is 13.9 Å². The topological polar surface area (TPSA) is 58.8 Å². The average molecular weight is 420 g/mol. The molecule has 1 saturated heterocycles. The van der Waals surface area contributed by atoms with Crippen molar-refractivity contribution in [2.24, 2.45) is 0 Å². The molecule has 29 heavy (non-hydrogen) atoms. The van der Waals surface area contributed by atoms with Crippen LogP contribution >= 0.6 is 11.6 Å². The fourth-order valence-electron chi connectivity index (χ4n) is 4.41. The Bertz CT molecular complexity index is 899. The van der Waals surface area contributed by atoms with Crippen molar-refractivity contribution in [3.63, 3.8) is 0 Å². The van der Waals surface area contributed by atoms with Crippen LogP contribution in [0.5, 0.6) is 0 Å². The number of halogens is 1. The van der Waals surface area contributed by atoms with Gasteiger partial charge in [0, 0.05) is 36.3 Å². The van der Waals surface area contributed by atoms with Crippen LogP contribution in [-0.2, 0) is 4.74 Å². The molecule has 1 atom stereocenters. The fraction of sp³-hybridized carbons (Fsp3) is 0.636. The highest BCUT2D eigenvalue weighted by Crippen LogP contribution is 2.40. The van der Waals surface area contributed by atoms with Crippen molar-refractivity contribution in [2.45, 2.75) is 70.9 Å². The maximum absolute atomic E-state index is 12.4. The molecule has 1 aliphatic heterocycles. The third-order valence-corrected chi connectivity index (χ3v) is 6.01. The van der Waals surface area contributed by atoms with Crippen LogP contribution in [-0.4, -0.2) is 47.3 Å². The molecule has 7 heteroatoms. The van der Waals surface area contributed by atoms with E-state index >= 15 is 0 Å². The van der Waals surface area contributed by atoms with Gasteiger partial charge in [0.25, 0.3) is 6.01 Å². The first-order valence-electron chi connectivity index (χ1n) is 10.6. The molecule has 0 N–H and O–H groups in total. The minimum Gasteiger partial charge on any atom is -0.444 e. The third kappa shape index (κ3) is 4.32. The standard InChI is InChI=1S/C22H30ClN3O3/c1-14-13-25(21(27)29-22(2,3)4)9-10-26(14)20-24-18-12-16(23)11-17(19(18)28-20)15-7-5-6-8-15/h11-12,14-15H,5-10,13H2,1-4H3/t14-/m0/s1. The van der Waals surface area contributed by atoms with Crippen LogP contribution in [0.15, 0.2) is 16.5 Å². The Balaban J connectivity index is 1.55. The Morgan fingerprint density at radius 1 is 1.24 bits per heavy atom. The predicted molar refractivity (Wildman–Crippen MR) is 115 cm³/mol. The van der Waals surface area contributed by atoms with Crippen molar-refractivity contribution in [3.8, 4) is 0 Å². The number of oxazole rings is 1. The largest absolute Gasteiger partial charge is 0.444 e. The Hall–Kier alpha value is -1.95. The fourth-order valence-corrected chi connectivity index (χ4v) is 4.63. The number of ether oxygens (including phenoxy) is 1. The Morgan fingerprint density at radius 3 is 2.62 bits per heavy atom. The zero-order valence-electron chi connectivity index (χ0n) is 17.7. The molecule has 1 saturated carbocycles. The number of piperazine rings is 1. The van der Waals surface area contributed by atoms with Crippen molar-refractivity contribution in [3.05, 3.63) is 22.7 Å². The average Bonchev–Trinajstić information content (AvgIpc) is 3.29. The second-order valence-electron chi connectivity index (χ2n) is 9.29. The molecular weight excluding hydrogens is 390 g/mol. The number of hydrogen-bond acceptors (Lipinski definition) is 5. The molecule has 1 aromatic carbocycles. The smallest absolute Gasteiger partial charge is 0.410 e. The van der Waals surface area contributed by atoms with E-state index in [4.69, 9.17) is 25.7 Å². The van der Waals surface area contributed by atoms with Gasteiger partial charge >= 0.3 is 6.09 Å². The first-order valence-corrected chi connectivity index (χ1v) is 10.9. The van der Waals surface area contributed by atoms with Gasteiger partial charge in [-0.3, -0.25) is 0 Å². The molecule has 1 aliphatic carbocycles. The second kappa shape index (κ2) is 7.71. The number of fused-ring (bicyclic) bond motifs is 1. The summed E-state index contributed by atoms with van der Waals surface area (Å²) >= 11 is 6.38. The summed E-state index contributed by atoms with van der Waals surface area (Å²) in [4.78, 5) is 21.0. The first kappa shape index (κ1) is 20.3. The number of hydrogen-bond donors (Lipinski definition) is 0. The molecule has 0 bridgehead atoms. The number of carbonyl (C=O) groups is 1. The quantitative estimate of drug-likeness (QED) is 0.635. The molecule has 0 unspecified atom stereocenters. The van der Waals surface area contributed by atoms with Crippen molar-refractivity contribution in [2.75, 3.05) is 24.5 Å². The summed E-state index contributed by atoms with van der Waals surface area (Å²) in [6.07, 6.45) is 4.59. The van der Waals surface area contributed by atoms with Crippen LogP contribution in [0.4, 0.5) is 10.8 Å². The number of anilines is 1. The highest BCUT2D eigenvalue weighted by atomic mass is 35.5. The zero-order valence-corrected chi connectivity index (χ0v) is 18.5. The number of carbonyl (C=O) groups excluding carboxylic acids is 1. The van der Waals surface area contributed by atoms with Gasteiger partial charge in [0.2, 0.25) is 0 Å². The van der Waals surface area contributed by atoms with Crippen LogP contribution in [0.2, 0.25) is 5.02 Å². The molecule has 2 aromatic rings. The van der Waals surface area contributed by atoms with Gasteiger partial charge in [-0.05, 0) is 58.6 Å². The highest BCUT2D eigenvalue weighted by Gasteiger charge is 2.32.